The van der Waals surface area contributed by atoms with Gasteiger partial charge in [-0.05, 0) is 88.1 Å². The summed E-state index contributed by atoms with van der Waals surface area (Å²) in [4.78, 5) is 0. The Morgan fingerprint density at radius 1 is 0.433 bits per heavy atom. The summed E-state index contributed by atoms with van der Waals surface area (Å²) in [6, 6.07) is 8.84. The van der Waals surface area contributed by atoms with Crippen molar-refractivity contribution in [3.05, 3.63) is 105 Å². The van der Waals surface area contributed by atoms with E-state index in [2.05, 4.69) is 0 Å². The van der Waals surface area contributed by atoms with Gasteiger partial charge in [0.05, 0.1) is 0 Å². The molecule has 0 aliphatic rings. The second kappa shape index (κ2) is 10.9. The molecule has 0 nitrogen and oxygen atoms in total. The van der Waals surface area contributed by atoms with E-state index in [1.165, 1.54) is 39.0 Å². The molecule has 0 fully saturated rings. The van der Waals surface area contributed by atoms with Gasteiger partial charge in [0.15, 0.2) is 11.6 Å². The molecule has 0 heterocycles. The Morgan fingerprint density at radius 2 is 0.900 bits per heavy atom. The van der Waals surface area contributed by atoms with Crippen LogP contribution in [-0.4, -0.2) is 0 Å². The van der Waals surface area contributed by atoms with E-state index in [1.807, 2.05) is 13.0 Å². The Bertz CT molecular complexity index is 975. The van der Waals surface area contributed by atoms with Crippen LogP contribution in [0.2, 0.25) is 0 Å². The Hall–Kier alpha value is -2.76. The SMILES string of the molecule is Cc1cc(F)c(C)c(F)c1.Cc1cc(F)c(C)c(F)c1F.Cc1ccc(C)c(F)c1. The van der Waals surface area contributed by atoms with Crippen molar-refractivity contribution in [2.75, 3.05) is 0 Å². The van der Waals surface area contributed by atoms with E-state index in [1.54, 1.807) is 19.9 Å². The quantitative estimate of drug-likeness (QED) is 0.255. The highest BCUT2D eigenvalue weighted by atomic mass is 19.2. The van der Waals surface area contributed by atoms with Gasteiger partial charge in [0.1, 0.15) is 23.3 Å². The monoisotopic (exact) mass is 426 g/mol. The van der Waals surface area contributed by atoms with Crippen LogP contribution in [0.1, 0.15) is 33.4 Å². The van der Waals surface area contributed by atoms with Crippen LogP contribution >= 0.6 is 0 Å². The summed E-state index contributed by atoms with van der Waals surface area (Å²) in [5.74, 6) is -3.84. The molecule has 0 aliphatic heterocycles. The predicted octanol–water partition coefficient (Wildman–Crippen LogP) is 7.74. The smallest absolute Gasteiger partial charge is 0.164 e. The van der Waals surface area contributed by atoms with Crippen LogP contribution in [-0.2, 0) is 0 Å². The zero-order chi connectivity index (χ0) is 23.2. The average molecular weight is 426 g/mol. The number of rotatable bonds is 0. The lowest BCUT2D eigenvalue weighted by Gasteiger charge is -2.01. The molecule has 30 heavy (non-hydrogen) atoms. The summed E-state index contributed by atoms with van der Waals surface area (Å²) in [7, 11) is 0. The molecule has 0 N–H and O–H groups in total. The summed E-state index contributed by atoms with van der Waals surface area (Å²) in [6.45, 7) is 9.24. The van der Waals surface area contributed by atoms with E-state index in [0.29, 0.717) is 11.1 Å². The van der Waals surface area contributed by atoms with Crippen molar-refractivity contribution in [2.45, 2.75) is 41.5 Å². The molecule has 0 radical (unpaired) electrons. The van der Waals surface area contributed by atoms with E-state index >= 15 is 0 Å². The lowest BCUT2D eigenvalue weighted by atomic mass is 10.1. The minimum absolute atomic E-state index is 0.00870. The standard InChI is InChI=1S/C8H7F3.C8H8F2.C8H9F/c1-4-3-6(9)5(2)8(11)7(4)10;1-5-3-7(9)6(2)8(10)4-5;1-6-3-4-7(2)8(9)5-6/h3H,1-2H3;3-4H,1-2H3;3-5H,1-2H3. The van der Waals surface area contributed by atoms with E-state index in [0.717, 1.165) is 11.6 Å². The lowest BCUT2D eigenvalue weighted by molar-refractivity contribution is 0.480. The number of benzene rings is 3. The number of hydrogen-bond donors (Lipinski definition) is 0. The van der Waals surface area contributed by atoms with Gasteiger partial charge < -0.3 is 0 Å². The van der Waals surface area contributed by atoms with Gasteiger partial charge in [-0.1, -0.05) is 12.1 Å². The summed E-state index contributed by atoms with van der Waals surface area (Å²) in [6.07, 6.45) is 0. The molecule has 0 aromatic heterocycles. The molecule has 3 rings (SSSR count). The van der Waals surface area contributed by atoms with Crippen molar-refractivity contribution in [2.24, 2.45) is 0 Å². The third-order valence-corrected chi connectivity index (χ3v) is 4.32. The summed E-state index contributed by atoms with van der Waals surface area (Å²) >= 11 is 0. The van der Waals surface area contributed by atoms with Crippen LogP contribution in [0.15, 0.2) is 36.4 Å². The topological polar surface area (TPSA) is 0 Å². The highest BCUT2D eigenvalue weighted by molar-refractivity contribution is 5.26. The fraction of sp³-hybridized carbons (Fsp3) is 0.250. The van der Waals surface area contributed by atoms with Gasteiger partial charge in [-0.3, -0.25) is 0 Å². The maximum Gasteiger partial charge on any atom is 0.164 e. The molecule has 162 valence electrons. The molecule has 0 bridgehead atoms. The predicted molar refractivity (Wildman–Crippen MR) is 107 cm³/mol. The van der Waals surface area contributed by atoms with E-state index in [4.69, 9.17) is 0 Å². The second-order valence-electron chi connectivity index (χ2n) is 7.03. The zero-order valence-corrected chi connectivity index (χ0v) is 17.7. The van der Waals surface area contributed by atoms with Crippen LogP contribution in [0.5, 0.6) is 0 Å². The molecular formula is C24H24F6. The summed E-state index contributed by atoms with van der Waals surface area (Å²) in [5, 5.41) is 0. The van der Waals surface area contributed by atoms with Crippen LogP contribution in [0.25, 0.3) is 0 Å². The minimum Gasteiger partial charge on any atom is -0.207 e. The Balaban J connectivity index is 0.000000226. The molecular weight excluding hydrogens is 402 g/mol. The van der Waals surface area contributed by atoms with Gasteiger partial charge >= 0.3 is 0 Å². The van der Waals surface area contributed by atoms with Crippen molar-refractivity contribution in [1.29, 1.82) is 0 Å². The maximum absolute atomic E-state index is 12.6. The third kappa shape index (κ3) is 6.94. The molecule has 0 saturated heterocycles. The number of aryl methyl sites for hydroxylation is 4. The van der Waals surface area contributed by atoms with E-state index in [-0.39, 0.29) is 22.5 Å². The lowest BCUT2D eigenvalue weighted by Crippen LogP contribution is -1.96. The molecule has 6 heteroatoms. The van der Waals surface area contributed by atoms with Crippen molar-refractivity contribution < 1.29 is 26.3 Å². The van der Waals surface area contributed by atoms with Gasteiger partial charge in [-0.15, -0.1) is 0 Å². The molecule has 3 aromatic carbocycles. The molecule has 0 saturated carbocycles. The highest BCUT2D eigenvalue weighted by Gasteiger charge is 2.12. The average Bonchev–Trinajstić information content (AvgIpc) is 2.67. The van der Waals surface area contributed by atoms with Gasteiger partial charge in [-0.2, -0.15) is 0 Å². The third-order valence-electron chi connectivity index (χ3n) is 4.32. The minimum atomic E-state index is -1.09. The molecule has 0 atom stereocenters. The molecule has 0 unspecified atom stereocenters. The fourth-order valence-electron chi connectivity index (χ4n) is 2.27. The maximum atomic E-state index is 12.6. The summed E-state index contributed by atoms with van der Waals surface area (Å²) < 4.78 is 75.7. The number of halogens is 6. The van der Waals surface area contributed by atoms with Crippen LogP contribution in [0.4, 0.5) is 26.3 Å². The summed E-state index contributed by atoms with van der Waals surface area (Å²) in [5.41, 5.74) is 2.10. The van der Waals surface area contributed by atoms with E-state index < -0.39 is 29.1 Å². The van der Waals surface area contributed by atoms with Crippen molar-refractivity contribution in [3.63, 3.8) is 0 Å². The molecule has 0 spiro atoms. The van der Waals surface area contributed by atoms with Gasteiger partial charge in [0.2, 0.25) is 0 Å². The van der Waals surface area contributed by atoms with Gasteiger partial charge in [0.25, 0.3) is 0 Å². The molecule has 3 aromatic rings. The van der Waals surface area contributed by atoms with Crippen molar-refractivity contribution in [1.82, 2.24) is 0 Å². The van der Waals surface area contributed by atoms with Crippen molar-refractivity contribution >= 4 is 0 Å². The first-order valence-corrected chi connectivity index (χ1v) is 9.10. The van der Waals surface area contributed by atoms with Crippen molar-refractivity contribution in [3.8, 4) is 0 Å². The van der Waals surface area contributed by atoms with Gasteiger partial charge in [0, 0.05) is 11.1 Å². The Morgan fingerprint density at radius 3 is 1.37 bits per heavy atom. The zero-order valence-electron chi connectivity index (χ0n) is 17.7. The first kappa shape index (κ1) is 25.3. The van der Waals surface area contributed by atoms with Crippen LogP contribution in [0.3, 0.4) is 0 Å². The Kier molecular flexibility index (Phi) is 9.15. The van der Waals surface area contributed by atoms with Gasteiger partial charge in [-0.25, -0.2) is 26.3 Å². The fourth-order valence-corrected chi connectivity index (χ4v) is 2.27. The Labute approximate surface area is 173 Å². The van der Waals surface area contributed by atoms with E-state index in [9.17, 15) is 26.3 Å². The second-order valence-corrected chi connectivity index (χ2v) is 7.03. The normalized spacial score (nSPS) is 10.0. The highest BCUT2D eigenvalue weighted by Crippen LogP contribution is 2.18. The molecule has 0 amide bonds. The number of hydrogen-bond acceptors (Lipinski definition) is 0. The first-order chi connectivity index (χ1) is 13.8. The first-order valence-electron chi connectivity index (χ1n) is 9.10. The van der Waals surface area contributed by atoms with Crippen LogP contribution < -0.4 is 0 Å². The van der Waals surface area contributed by atoms with Crippen LogP contribution in [0, 0.1) is 76.4 Å². The largest absolute Gasteiger partial charge is 0.207 e. The molecule has 0 aliphatic carbocycles.